The van der Waals surface area contributed by atoms with Crippen molar-refractivity contribution in [1.29, 1.82) is 0 Å². The predicted octanol–water partition coefficient (Wildman–Crippen LogP) is 4.36. The van der Waals surface area contributed by atoms with Crippen LogP contribution in [0.3, 0.4) is 0 Å². The standard InChI is InChI=1S/C30H31F2N7O2/c1-6-23(40)37-12-13-38(18(5)15-37)28-19-14-21(32)26(24-20(31)8-7-9-22(24)33)35-29(19)39(30(41)36-28)27-17(4)10-11-34-25(27)16(2)3/h6-11,14,16,18H,1,12-13,15,33H2,2-5H3/t18-/m0/s1. The molecule has 212 valence electrons. The summed E-state index contributed by atoms with van der Waals surface area (Å²) in [6, 6.07) is 6.80. The van der Waals surface area contributed by atoms with Gasteiger partial charge in [0, 0.05) is 37.6 Å². The van der Waals surface area contributed by atoms with E-state index in [4.69, 9.17) is 5.73 Å². The van der Waals surface area contributed by atoms with Crippen LogP contribution in [0.1, 0.15) is 37.9 Å². The number of anilines is 2. The molecule has 0 spiro atoms. The van der Waals surface area contributed by atoms with Crippen molar-refractivity contribution >= 4 is 28.4 Å². The summed E-state index contributed by atoms with van der Waals surface area (Å²) in [4.78, 5) is 43.2. The Balaban J connectivity index is 1.83. The van der Waals surface area contributed by atoms with Crippen LogP contribution in [0.2, 0.25) is 0 Å². The maximum Gasteiger partial charge on any atom is 0.355 e. The number of hydrogen-bond acceptors (Lipinski definition) is 7. The highest BCUT2D eigenvalue weighted by Crippen LogP contribution is 2.35. The van der Waals surface area contributed by atoms with Gasteiger partial charge in [-0.3, -0.25) is 9.78 Å². The highest BCUT2D eigenvalue weighted by molar-refractivity contribution is 5.92. The van der Waals surface area contributed by atoms with Gasteiger partial charge in [0.25, 0.3) is 0 Å². The highest BCUT2D eigenvalue weighted by Gasteiger charge is 2.31. The monoisotopic (exact) mass is 559 g/mol. The van der Waals surface area contributed by atoms with Crippen LogP contribution in [-0.4, -0.2) is 56.0 Å². The van der Waals surface area contributed by atoms with Crippen molar-refractivity contribution in [1.82, 2.24) is 24.4 Å². The lowest BCUT2D eigenvalue weighted by Crippen LogP contribution is -2.54. The summed E-state index contributed by atoms with van der Waals surface area (Å²) >= 11 is 0. The molecule has 1 aromatic carbocycles. The molecule has 2 N–H and O–H groups in total. The third kappa shape index (κ3) is 4.81. The third-order valence-electron chi connectivity index (χ3n) is 7.39. The fourth-order valence-corrected chi connectivity index (χ4v) is 5.38. The van der Waals surface area contributed by atoms with E-state index in [-0.39, 0.29) is 51.7 Å². The van der Waals surface area contributed by atoms with Crippen molar-refractivity contribution in [3.05, 3.63) is 82.6 Å². The van der Waals surface area contributed by atoms with Gasteiger partial charge in [0.05, 0.1) is 22.3 Å². The number of carbonyl (C=O) groups excluding carboxylic acids is 1. The van der Waals surface area contributed by atoms with Gasteiger partial charge in [-0.15, -0.1) is 0 Å². The second kappa shape index (κ2) is 10.7. The number of aryl methyl sites for hydroxylation is 1. The molecule has 9 nitrogen and oxygen atoms in total. The van der Waals surface area contributed by atoms with E-state index in [9.17, 15) is 14.0 Å². The van der Waals surface area contributed by atoms with Crippen LogP contribution >= 0.6 is 0 Å². The largest absolute Gasteiger partial charge is 0.398 e. The SMILES string of the molecule is C=CC(=O)N1CCN(c2nc(=O)n(-c3c(C)ccnc3C(C)C)c3nc(-c4c(N)cccc4F)c(F)cc23)[C@@H](C)C1. The topological polar surface area (TPSA) is 110 Å². The van der Waals surface area contributed by atoms with Crippen LogP contribution in [0.4, 0.5) is 20.3 Å². The summed E-state index contributed by atoms with van der Waals surface area (Å²) in [5.41, 5.74) is 6.86. The Morgan fingerprint density at radius 3 is 2.59 bits per heavy atom. The number of aromatic nitrogens is 4. The molecule has 1 amide bonds. The quantitative estimate of drug-likeness (QED) is 0.286. The molecule has 0 bridgehead atoms. The number of hydrogen-bond donors (Lipinski definition) is 1. The summed E-state index contributed by atoms with van der Waals surface area (Å²) < 4.78 is 32.1. The van der Waals surface area contributed by atoms with Crippen LogP contribution in [0.25, 0.3) is 28.0 Å². The zero-order valence-corrected chi connectivity index (χ0v) is 23.4. The number of nitrogens with two attached hydrogens (primary N) is 1. The summed E-state index contributed by atoms with van der Waals surface area (Å²) in [5.74, 6) is -1.59. The van der Waals surface area contributed by atoms with Crippen LogP contribution in [-0.2, 0) is 4.79 Å². The molecule has 4 heterocycles. The van der Waals surface area contributed by atoms with Gasteiger partial charge in [-0.2, -0.15) is 4.98 Å². The first-order valence-electron chi connectivity index (χ1n) is 13.3. The molecule has 3 aromatic heterocycles. The number of fused-ring (bicyclic) bond motifs is 1. The average Bonchev–Trinajstić information content (AvgIpc) is 2.93. The van der Waals surface area contributed by atoms with Gasteiger partial charge in [0.1, 0.15) is 17.3 Å². The number of halogens is 2. The van der Waals surface area contributed by atoms with Crippen molar-refractivity contribution in [3.8, 4) is 16.9 Å². The smallest absolute Gasteiger partial charge is 0.355 e. The van der Waals surface area contributed by atoms with E-state index in [1.807, 2.05) is 32.6 Å². The lowest BCUT2D eigenvalue weighted by molar-refractivity contribution is -0.126. The molecule has 4 aromatic rings. The second-order valence-electron chi connectivity index (χ2n) is 10.5. The van der Waals surface area contributed by atoms with Gasteiger partial charge in [0.2, 0.25) is 5.91 Å². The molecule has 1 fully saturated rings. The Kier molecular flexibility index (Phi) is 7.29. The maximum atomic E-state index is 15.9. The zero-order valence-electron chi connectivity index (χ0n) is 23.4. The van der Waals surface area contributed by atoms with Crippen LogP contribution in [0.15, 0.2) is 54.0 Å². The number of amides is 1. The second-order valence-corrected chi connectivity index (χ2v) is 10.5. The maximum absolute atomic E-state index is 15.9. The lowest BCUT2D eigenvalue weighted by atomic mass is 10.0. The lowest BCUT2D eigenvalue weighted by Gasteiger charge is -2.40. The zero-order chi connectivity index (χ0) is 29.6. The molecule has 1 aliphatic heterocycles. The molecule has 11 heteroatoms. The normalized spacial score (nSPS) is 15.5. The molecule has 0 unspecified atom stereocenters. The minimum atomic E-state index is -0.817. The Labute approximate surface area is 236 Å². The van der Waals surface area contributed by atoms with Crippen LogP contribution < -0.4 is 16.3 Å². The molecule has 41 heavy (non-hydrogen) atoms. The molecule has 0 radical (unpaired) electrons. The Hall–Kier alpha value is -4.67. The Morgan fingerprint density at radius 1 is 1.17 bits per heavy atom. The Bertz CT molecular complexity index is 1730. The number of carbonyl (C=O) groups is 1. The number of benzene rings is 1. The fourth-order valence-electron chi connectivity index (χ4n) is 5.38. The van der Waals surface area contributed by atoms with Crippen molar-refractivity contribution in [2.45, 2.75) is 39.7 Å². The molecule has 0 aliphatic carbocycles. The van der Waals surface area contributed by atoms with E-state index in [2.05, 4.69) is 21.5 Å². The number of piperazine rings is 1. The minimum absolute atomic E-state index is 0.0102. The van der Waals surface area contributed by atoms with Gasteiger partial charge < -0.3 is 15.5 Å². The minimum Gasteiger partial charge on any atom is -0.398 e. The van der Waals surface area contributed by atoms with Crippen molar-refractivity contribution in [2.24, 2.45) is 0 Å². The summed E-state index contributed by atoms with van der Waals surface area (Å²) in [7, 11) is 0. The van der Waals surface area contributed by atoms with Gasteiger partial charge in [-0.1, -0.05) is 26.5 Å². The summed E-state index contributed by atoms with van der Waals surface area (Å²) in [6.45, 7) is 12.3. The third-order valence-corrected chi connectivity index (χ3v) is 7.39. The van der Waals surface area contributed by atoms with E-state index < -0.39 is 17.3 Å². The van der Waals surface area contributed by atoms with E-state index in [1.54, 1.807) is 17.2 Å². The number of nitrogens with zero attached hydrogens (tertiary/aromatic N) is 6. The molecule has 1 atom stereocenters. The molecule has 5 rings (SSSR count). The van der Waals surface area contributed by atoms with Gasteiger partial charge in [0.15, 0.2) is 11.5 Å². The van der Waals surface area contributed by atoms with Crippen molar-refractivity contribution in [3.63, 3.8) is 0 Å². The Morgan fingerprint density at radius 2 is 1.93 bits per heavy atom. The first kappa shape index (κ1) is 27.9. The van der Waals surface area contributed by atoms with Gasteiger partial charge >= 0.3 is 5.69 Å². The fraction of sp³-hybridized carbons (Fsp3) is 0.300. The van der Waals surface area contributed by atoms with Crippen LogP contribution in [0, 0.1) is 18.6 Å². The summed E-state index contributed by atoms with van der Waals surface area (Å²) in [5, 5.41) is 0.258. The number of pyridine rings is 2. The number of nitrogen functional groups attached to an aromatic ring is 1. The number of rotatable bonds is 5. The molecule has 0 saturated carbocycles. The first-order chi connectivity index (χ1) is 19.5. The predicted molar refractivity (Wildman–Crippen MR) is 155 cm³/mol. The highest BCUT2D eigenvalue weighted by atomic mass is 19.1. The first-order valence-corrected chi connectivity index (χ1v) is 13.3. The van der Waals surface area contributed by atoms with E-state index in [0.717, 1.165) is 5.56 Å². The van der Waals surface area contributed by atoms with Crippen molar-refractivity contribution < 1.29 is 13.6 Å². The van der Waals surface area contributed by atoms with Crippen LogP contribution in [0.5, 0.6) is 0 Å². The van der Waals surface area contributed by atoms with Crippen molar-refractivity contribution in [2.75, 3.05) is 30.3 Å². The molecular weight excluding hydrogens is 528 g/mol. The van der Waals surface area contributed by atoms with E-state index in [1.165, 1.54) is 34.9 Å². The van der Waals surface area contributed by atoms with Gasteiger partial charge in [-0.05, 0) is 55.7 Å². The van der Waals surface area contributed by atoms with E-state index >= 15 is 4.39 Å². The molecule has 1 saturated heterocycles. The molecule has 1 aliphatic rings. The molecular formula is C30H31F2N7O2. The average molecular weight is 560 g/mol. The summed E-state index contributed by atoms with van der Waals surface area (Å²) in [6.07, 6.45) is 2.92. The van der Waals surface area contributed by atoms with E-state index in [0.29, 0.717) is 31.0 Å². The van der Waals surface area contributed by atoms with Gasteiger partial charge in [-0.25, -0.2) is 23.1 Å².